The molecule has 1 N–H and O–H groups in total. The lowest BCUT2D eigenvalue weighted by atomic mass is 9.93. The summed E-state index contributed by atoms with van der Waals surface area (Å²) in [5.74, 6) is 1.58. The van der Waals surface area contributed by atoms with E-state index in [9.17, 15) is 0 Å². The molecule has 0 saturated carbocycles. The molecule has 0 amide bonds. The third kappa shape index (κ3) is 3.91. The number of ether oxygens (including phenoxy) is 2. The van der Waals surface area contributed by atoms with Crippen LogP contribution in [-0.2, 0) is 4.74 Å². The molecule has 0 radical (unpaired) electrons. The molecular formula is C14H20ClNO2. The highest BCUT2D eigenvalue weighted by Gasteiger charge is 2.21. The normalized spacial score (nSPS) is 11.9. The number of rotatable bonds is 7. The van der Waals surface area contributed by atoms with Crippen LogP contribution in [0.2, 0.25) is 0 Å². The summed E-state index contributed by atoms with van der Waals surface area (Å²) in [6.45, 7) is 2.39. The van der Waals surface area contributed by atoms with Gasteiger partial charge >= 0.3 is 0 Å². The van der Waals surface area contributed by atoms with E-state index >= 15 is 0 Å². The molecule has 100 valence electrons. The first kappa shape index (κ1) is 14.8. The number of alkyl halides is 1. The Balaban J connectivity index is 2.96. The molecule has 3 nitrogen and oxygen atoms in total. The van der Waals surface area contributed by atoms with Crippen LogP contribution < -0.4 is 4.74 Å². The van der Waals surface area contributed by atoms with Gasteiger partial charge in [0.2, 0.25) is 0 Å². The van der Waals surface area contributed by atoms with Crippen LogP contribution in [0, 0.1) is 5.41 Å². The summed E-state index contributed by atoms with van der Waals surface area (Å²) < 4.78 is 10.7. The minimum atomic E-state index is -0.0835. The monoisotopic (exact) mass is 269 g/mol. The van der Waals surface area contributed by atoms with Crippen LogP contribution in [0.5, 0.6) is 5.75 Å². The summed E-state index contributed by atoms with van der Waals surface area (Å²) in [4.78, 5) is 0. The molecule has 1 aromatic rings. The van der Waals surface area contributed by atoms with E-state index in [1.807, 2.05) is 31.2 Å². The third-order valence-electron chi connectivity index (χ3n) is 2.76. The second-order valence-electron chi connectivity index (χ2n) is 3.92. The lowest BCUT2D eigenvalue weighted by Gasteiger charge is -2.20. The van der Waals surface area contributed by atoms with Crippen LogP contribution >= 0.6 is 11.6 Å². The molecule has 0 aliphatic carbocycles. The van der Waals surface area contributed by atoms with Gasteiger partial charge in [-0.15, -0.1) is 11.6 Å². The maximum Gasteiger partial charge on any atom is 0.188 e. The first-order chi connectivity index (χ1) is 8.74. The van der Waals surface area contributed by atoms with Crippen LogP contribution in [0.3, 0.4) is 0 Å². The number of para-hydroxylation sites is 1. The zero-order valence-corrected chi connectivity index (χ0v) is 11.7. The van der Waals surface area contributed by atoms with E-state index < -0.39 is 0 Å². The van der Waals surface area contributed by atoms with E-state index in [-0.39, 0.29) is 11.8 Å². The van der Waals surface area contributed by atoms with Crippen molar-refractivity contribution < 1.29 is 9.47 Å². The Bertz CT molecular complexity index is 382. The Morgan fingerprint density at radius 2 is 2.11 bits per heavy atom. The van der Waals surface area contributed by atoms with Gasteiger partial charge in [-0.25, -0.2) is 0 Å². The number of methoxy groups -OCH3 is 1. The van der Waals surface area contributed by atoms with Crippen LogP contribution in [0.1, 0.15) is 31.2 Å². The number of benzene rings is 1. The van der Waals surface area contributed by atoms with Crippen molar-refractivity contribution in [1.82, 2.24) is 0 Å². The van der Waals surface area contributed by atoms with Crippen molar-refractivity contribution in [2.75, 3.05) is 19.6 Å². The fourth-order valence-corrected chi connectivity index (χ4v) is 2.07. The SMILES string of the molecule is CCOC(=N)C(CCCCl)c1ccccc1OC. The average molecular weight is 270 g/mol. The highest BCUT2D eigenvalue weighted by Crippen LogP contribution is 2.31. The van der Waals surface area contributed by atoms with E-state index in [0.29, 0.717) is 12.5 Å². The van der Waals surface area contributed by atoms with E-state index in [4.69, 9.17) is 26.5 Å². The standard InChI is InChI=1S/C14H20ClNO2/c1-3-18-14(16)12(8-6-10-15)11-7-4-5-9-13(11)17-2/h4-5,7,9,12,16H,3,6,8,10H2,1-2H3. The number of nitrogens with one attached hydrogen (secondary N) is 1. The van der Waals surface area contributed by atoms with E-state index in [0.717, 1.165) is 24.2 Å². The van der Waals surface area contributed by atoms with Gasteiger partial charge in [0.15, 0.2) is 5.90 Å². The molecule has 0 saturated heterocycles. The van der Waals surface area contributed by atoms with Gasteiger partial charge in [-0.3, -0.25) is 5.41 Å². The van der Waals surface area contributed by atoms with Gasteiger partial charge in [-0.05, 0) is 25.8 Å². The van der Waals surface area contributed by atoms with Crippen LogP contribution in [0.25, 0.3) is 0 Å². The Morgan fingerprint density at radius 1 is 1.39 bits per heavy atom. The molecule has 0 spiro atoms. The topological polar surface area (TPSA) is 42.3 Å². The predicted molar refractivity (Wildman–Crippen MR) is 75.0 cm³/mol. The predicted octanol–water partition coefficient (Wildman–Crippen LogP) is 3.81. The van der Waals surface area contributed by atoms with Crippen molar-refractivity contribution in [2.45, 2.75) is 25.7 Å². The molecule has 0 fully saturated rings. The molecule has 0 aromatic heterocycles. The molecule has 0 heterocycles. The Morgan fingerprint density at radius 3 is 2.72 bits per heavy atom. The highest BCUT2D eigenvalue weighted by molar-refractivity contribution is 6.17. The molecule has 4 heteroatoms. The number of hydrogen-bond donors (Lipinski definition) is 1. The summed E-state index contributed by atoms with van der Waals surface area (Å²) in [5, 5.41) is 8.01. The van der Waals surface area contributed by atoms with Gasteiger partial charge in [-0.1, -0.05) is 18.2 Å². The zero-order chi connectivity index (χ0) is 13.4. The second kappa shape index (κ2) is 7.98. The van der Waals surface area contributed by atoms with Gasteiger partial charge in [-0.2, -0.15) is 0 Å². The first-order valence-electron chi connectivity index (χ1n) is 6.14. The van der Waals surface area contributed by atoms with Crippen molar-refractivity contribution in [3.8, 4) is 5.75 Å². The van der Waals surface area contributed by atoms with Crippen LogP contribution in [0.4, 0.5) is 0 Å². The minimum absolute atomic E-state index is 0.0835. The summed E-state index contributed by atoms with van der Waals surface area (Å²) >= 11 is 5.75. The summed E-state index contributed by atoms with van der Waals surface area (Å²) in [7, 11) is 1.64. The van der Waals surface area contributed by atoms with Crippen molar-refractivity contribution in [2.24, 2.45) is 0 Å². The average Bonchev–Trinajstić information content (AvgIpc) is 2.40. The maximum atomic E-state index is 8.01. The lowest BCUT2D eigenvalue weighted by Crippen LogP contribution is -2.16. The number of hydrogen-bond acceptors (Lipinski definition) is 3. The van der Waals surface area contributed by atoms with Gasteiger partial charge in [0.25, 0.3) is 0 Å². The Labute approximate surface area is 114 Å². The molecule has 1 unspecified atom stereocenters. The van der Waals surface area contributed by atoms with E-state index in [2.05, 4.69) is 0 Å². The molecule has 0 aliphatic rings. The Kier molecular flexibility index (Phi) is 6.58. The largest absolute Gasteiger partial charge is 0.496 e. The summed E-state index contributed by atoms with van der Waals surface area (Å²) in [6.07, 6.45) is 1.64. The van der Waals surface area contributed by atoms with Crippen molar-refractivity contribution >= 4 is 17.5 Å². The molecule has 18 heavy (non-hydrogen) atoms. The van der Waals surface area contributed by atoms with Gasteiger partial charge < -0.3 is 9.47 Å². The van der Waals surface area contributed by atoms with Crippen molar-refractivity contribution in [3.63, 3.8) is 0 Å². The lowest BCUT2D eigenvalue weighted by molar-refractivity contribution is 0.304. The van der Waals surface area contributed by atoms with E-state index in [1.54, 1.807) is 7.11 Å². The van der Waals surface area contributed by atoms with Gasteiger partial charge in [0.1, 0.15) is 5.75 Å². The number of halogens is 1. The molecule has 1 rings (SSSR count). The molecule has 1 aromatic carbocycles. The fourth-order valence-electron chi connectivity index (χ4n) is 1.92. The highest BCUT2D eigenvalue weighted by atomic mass is 35.5. The summed E-state index contributed by atoms with van der Waals surface area (Å²) in [6, 6.07) is 7.75. The van der Waals surface area contributed by atoms with E-state index in [1.165, 1.54) is 0 Å². The smallest absolute Gasteiger partial charge is 0.188 e. The molecule has 0 aliphatic heterocycles. The second-order valence-corrected chi connectivity index (χ2v) is 4.30. The van der Waals surface area contributed by atoms with Crippen LogP contribution in [0.15, 0.2) is 24.3 Å². The fraction of sp³-hybridized carbons (Fsp3) is 0.500. The molecular weight excluding hydrogens is 250 g/mol. The Hall–Kier alpha value is -1.22. The van der Waals surface area contributed by atoms with Gasteiger partial charge in [0, 0.05) is 11.4 Å². The molecule has 1 atom stereocenters. The maximum absolute atomic E-state index is 8.01. The first-order valence-corrected chi connectivity index (χ1v) is 6.68. The third-order valence-corrected chi connectivity index (χ3v) is 3.02. The van der Waals surface area contributed by atoms with Crippen molar-refractivity contribution in [1.29, 1.82) is 5.41 Å². The van der Waals surface area contributed by atoms with Crippen molar-refractivity contribution in [3.05, 3.63) is 29.8 Å². The van der Waals surface area contributed by atoms with Gasteiger partial charge in [0.05, 0.1) is 19.6 Å². The van der Waals surface area contributed by atoms with Crippen LogP contribution in [-0.4, -0.2) is 25.5 Å². The quantitative estimate of drug-likeness (QED) is 0.465. The summed E-state index contributed by atoms with van der Waals surface area (Å²) in [5.41, 5.74) is 0.989. The minimum Gasteiger partial charge on any atom is -0.496 e. The molecule has 0 bridgehead atoms. The zero-order valence-electron chi connectivity index (χ0n) is 10.9.